The Hall–Kier alpha value is -1.72. The lowest BCUT2D eigenvalue weighted by molar-refractivity contribution is -0.120. The highest BCUT2D eigenvalue weighted by Crippen LogP contribution is 2.20. The number of hydrogen-bond donors (Lipinski definition) is 1. The van der Waals surface area contributed by atoms with Crippen LogP contribution in [0.1, 0.15) is 24.3 Å². The molecule has 0 spiro atoms. The lowest BCUT2D eigenvalue weighted by Crippen LogP contribution is -2.37. The zero-order chi connectivity index (χ0) is 16.7. The number of hydrogen-bond acceptors (Lipinski definition) is 4. The van der Waals surface area contributed by atoms with Crippen molar-refractivity contribution in [3.63, 3.8) is 0 Å². The summed E-state index contributed by atoms with van der Waals surface area (Å²) in [5.41, 5.74) is 1.24. The van der Waals surface area contributed by atoms with E-state index in [9.17, 15) is 4.79 Å². The fourth-order valence-electron chi connectivity index (χ4n) is 2.23. The minimum absolute atomic E-state index is 0.0419. The summed E-state index contributed by atoms with van der Waals surface area (Å²) >= 11 is 1.65. The van der Waals surface area contributed by atoms with Crippen LogP contribution in [0.25, 0.3) is 0 Å². The average Bonchev–Trinajstić information content (AvgIpc) is 3.07. The molecule has 0 aliphatic heterocycles. The number of rotatable bonds is 8. The van der Waals surface area contributed by atoms with Crippen LogP contribution in [0.5, 0.6) is 0 Å². The normalized spacial score (nSPS) is 13.7. The largest absolute Gasteiger partial charge is 0.468 e. The molecule has 0 bridgehead atoms. The molecule has 0 fully saturated rings. The molecule has 0 aliphatic rings. The Bertz CT molecular complexity index is 584. The van der Waals surface area contributed by atoms with Crippen molar-refractivity contribution in [2.75, 3.05) is 20.6 Å². The van der Waals surface area contributed by atoms with E-state index in [0.29, 0.717) is 6.54 Å². The molecule has 2 rings (SSSR count). The summed E-state index contributed by atoms with van der Waals surface area (Å²) in [6.45, 7) is 2.48. The second kappa shape index (κ2) is 8.79. The number of benzene rings is 1. The molecular formula is C18H24N2O2S. The second-order valence-electron chi connectivity index (χ2n) is 5.68. The first-order chi connectivity index (χ1) is 11.1. The van der Waals surface area contributed by atoms with E-state index in [-0.39, 0.29) is 17.2 Å². The van der Waals surface area contributed by atoms with Gasteiger partial charge in [0.2, 0.25) is 5.91 Å². The fourth-order valence-corrected chi connectivity index (χ4v) is 3.10. The van der Waals surface area contributed by atoms with Crippen molar-refractivity contribution in [3.8, 4) is 0 Å². The number of carbonyl (C=O) groups is 1. The minimum atomic E-state index is -0.0883. The van der Waals surface area contributed by atoms with E-state index < -0.39 is 0 Å². The molecule has 1 amide bonds. The maximum Gasteiger partial charge on any atom is 0.232 e. The van der Waals surface area contributed by atoms with Crippen LogP contribution in [-0.4, -0.2) is 36.7 Å². The Morgan fingerprint density at radius 1 is 1.22 bits per heavy atom. The van der Waals surface area contributed by atoms with Gasteiger partial charge in [0.05, 0.1) is 17.6 Å². The van der Waals surface area contributed by atoms with E-state index in [1.165, 1.54) is 5.56 Å². The van der Waals surface area contributed by atoms with Gasteiger partial charge in [-0.05, 0) is 38.7 Å². The van der Waals surface area contributed by atoms with Crippen molar-refractivity contribution < 1.29 is 9.21 Å². The van der Waals surface area contributed by atoms with Gasteiger partial charge >= 0.3 is 0 Å². The molecule has 5 heteroatoms. The SMILES string of the molecule is C[C@@H](SCc1ccccc1)C(=O)NC[C@H](c1ccco1)N(C)C. The van der Waals surface area contributed by atoms with Gasteiger partial charge in [0, 0.05) is 12.3 Å². The van der Waals surface area contributed by atoms with Gasteiger partial charge in [0.15, 0.2) is 0 Å². The summed E-state index contributed by atoms with van der Waals surface area (Å²) in [7, 11) is 3.96. The van der Waals surface area contributed by atoms with E-state index in [1.807, 2.05) is 56.3 Å². The molecule has 4 nitrogen and oxygen atoms in total. The van der Waals surface area contributed by atoms with Gasteiger partial charge in [-0.1, -0.05) is 30.3 Å². The molecule has 0 saturated heterocycles. The summed E-state index contributed by atoms with van der Waals surface area (Å²) in [5.74, 6) is 1.76. The van der Waals surface area contributed by atoms with Crippen LogP contribution in [0.4, 0.5) is 0 Å². The highest BCUT2D eigenvalue weighted by Gasteiger charge is 2.20. The molecule has 124 valence electrons. The van der Waals surface area contributed by atoms with Gasteiger partial charge in [-0.15, -0.1) is 11.8 Å². The van der Waals surface area contributed by atoms with Crippen molar-refractivity contribution in [1.82, 2.24) is 10.2 Å². The van der Waals surface area contributed by atoms with Crippen molar-refractivity contribution in [2.45, 2.75) is 24.0 Å². The van der Waals surface area contributed by atoms with E-state index in [1.54, 1.807) is 18.0 Å². The van der Waals surface area contributed by atoms with Crippen molar-refractivity contribution in [2.24, 2.45) is 0 Å². The quantitative estimate of drug-likeness (QED) is 0.805. The predicted octanol–water partition coefficient (Wildman–Crippen LogP) is 3.32. The Kier molecular flexibility index (Phi) is 6.74. The van der Waals surface area contributed by atoms with E-state index in [0.717, 1.165) is 11.5 Å². The van der Waals surface area contributed by atoms with Gasteiger partial charge in [-0.2, -0.15) is 0 Å². The van der Waals surface area contributed by atoms with Gasteiger partial charge in [0.1, 0.15) is 5.76 Å². The van der Waals surface area contributed by atoms with Gasteiger partial charge < -0.3 is 9.73 Å². The number of furan rings is 1. The predicted molar refractivity (Wildman–Crippen MR) is 95.3 cm³/mol. The van der Waals surface area contributed by atoms with E-state index in [4.69, 9.17) is 4.42 Å². The molecule has 1 aromatic carbocycles. The smallest absolute Gasteiger partial charge is 0.232 e. The number of thioether (sulfide) groups is 1. The van der Waals surface area contributed by atoms with Crippen LogP contribution >= 0.6 is 11.8 Å². The topological polar surface area (TPSA) is 45.5 Å². The molecule has 1 N–H and O–H groups in total. The summed E-state index contributed by atoms with van der Waals surface area (Å²) in [4.78, 5) is 14.3. The van der Waals surface area contributed by atoms with Crippen LogP contribution in [0.3, 0.4) is 0 Å². The third kappa shape index (κ3) is 5.44. The lowest BCUT2D eigenvalue weighted by Gasteiger charge is -2.23. The highest BCUT2D eigenvalue weighted by molar-refractivity contribution is 7.99. The van der Waals surface area contributed by atoms with Crippen LogP contribution < -0.4 is 5.32 Å². The maximum atomic E-state index is 12.3. The summed E-state index contributed by atoms with van der Waals surface area (Å²) in [6, 6.07) is 14.0. The lowest BCUT2D eigenvalue weighted by atomic mass is 10.2. The average molecular weight is 332 g/mol. The van der Waals surface area contributed by atoms with Gasteiger partial charge in [0.25, 0.3) is 0 Å². The standard InChI is InChI=1S/C18H24N2O2S/c1-14(23-13-15-8-5-4-6-9-15)18(21)19-12-16(20(2)3)17-10-7-11-22-17/h4-11,14,16H,12-13H2,1-3H3,(H,19,21)/t14-,16-/m1/s1. The first-order valence-electron chi connectivity index (χ1n) is 7.71. The number of nitrogens with one attached hydrogen (secondary N) is 1. The second-order valence-corrected chi connectivity index (χ2v) is 7.01. The molecule has 1 aromatic heterocycles. The summed E-state index contributed by atoms with van der Waals surface area (Å²) in [5, 5.41) is 2.94. The summed E-state index contributed by atoms with van der Waals surface area (Å²) < 4.78 is 5.46. The van der Waals surface area contributed by atoms with Gasteiger partial charge in [-0.25, -0.2) is 0 Å². The number of carbonyl (C=O) groups excluding carboxylic acids is 1. The zero-order valence-corrected chi connectivity index (χ0v) is 14.7. The molecule has 1 heterocycles. The Morgan fingerprint density at radius 2 is 1.96 bits per heavy atom. The zero-order valence-electron chi connectivity index (χ0n) is 13.9. The first kappa shape index (κ1) is 17.6. The monoisotopic (exact) mass is 332 g/mol. The highest BCUT2D eigenvalue weighted by atomic mass is 32.2. The van der Waals surface area contributed by atoms with Gasteiger partial charge in [-0.3, -0.25) is 9.69 Å². The Balaban J connectivity index is 1.81. The van der Waals surface area contributed by atoms with Crippen LogP contribution in [-0.2, 0) is 10.5 Å². The van der Waals surface area contributed by atoms with E-state index in [2.05, 4.69) is 17.4 Å². The van der Waals surface area contributed by atoms with Crippen molar-refractivity contribution in [1.29, 1.82) is 0 Å². The molecule has 2 aromatic rings. The maximum absolute atomic E-state index is 12.3. The minimum Gasteiger partial charge on any atom is -0.468 e. The molecule has 0 aliphatic carbocycles. The van der Waals surface area contributed by atoms with Crippen molar-refractivity contribution in [3.05, 3.63) is 60.1 Å². The Morgan fingerprint density at radius 3 is 2.57 bits per heavy atom. The van der Waals surface area contributed by atoms with Crippen LogP contribution in [0, 0.1) is 0 Å². The molecule has 0 unspecified atom stereocenters. The number of likely N-dealkylation sites (N-methyl/N-ethyl adjacent to an activating group) is 1. The van der Waals surface area contributed by atoms with Crippen molar-refractivity contribution >= 4 is 17.7 Å². The molecule has 0 saturated carbocycles. The molecule has 2 atom stereocenters. The van der Waals surface area contributed by atoms with E-state index >= 15 is 0 Å². The third-order valence-corrected chi connectivity index (χ3v) is 4.89. The number of amides is 1. The molecule has 0 radical (unpaired) electrons. The molecule has 23 heavy (non-hydrogen) atoms. The molecular weight excluding hydrogens is 308 g/mol. The fraction of sp³-hybridized carbons (Fsp3) is 0.389. The first-order valence-corrected chi connectivity index (χ1v) is 8.76. The summed E-state index contributed by atoms with van der Waals surface area (Å²) in [6.07, 6.45) is 1.66. The Labute approximate surface area is 142 Å². The van der Waals surface area contributed by atoms with Crippen LogP contribution in [0.2, 0.25) is 0 Å². The third-order valence-electron chi connectivity index (χ3n) is 3.68. The number of nitrogens with zero attached hydrogens (tertiary/aromatic N) is 1. The van der Waals surface area contributed by atoms with Crippen LogP contribution in [0.15, 0.2) is 53.1 Å².